The number of carbonyl (C=O) groups excluding carboxylic acids is 1. The second-order valence-electron chi connectivity index (χ2n) is 3.37. The van der Waals surface area contributed by atoms with Gasteiger partial charge >= 0.3 is 0 Å². The van der Waals surface area contributed by atoms with E-state index in [1.807, 2.05) is 6.92 Å². The Kier molecular flexibility index (Phi) is 6.02. The lowest BCUT2D eigenvalue weighted by atomic mass is 10.1. The molecule has 0 aliphatic heterocycles. The van der Waals surface area contributed by atoms with Crippen LogP contribution in [-0.4, -0.2) is 19.1 Å². The normalized spacial score (nSPS) is 11.6. The molecule has 0 saturated carbocycles. The third-order valence-electron chi connectivity index (χ3n) is 1.77. The molecule has 3 heteroatoms. The van der Waals surface area contributed by atoms with E-state index in [2.05, 4.69) is 19.2 Å². The molecule has 0 aliphatic rings. The van der Waals surface area contributed by atoms with Crippen LogP contribution in [0.4, 0.5) is 0 Å². The summed E-state index contributed by atoms with van der Waals surface area (Å²) in [6.07, 6.45) is 1.76. The van der Waals surface area contributed by atoms with Gasteiger partial charge in [-0.25, -0.2) is 0 Å². The van der Waals surface area contributed by atoms with Crippen molar-refractivity contribution in [3.8, 4) is 0 Å². The number of ether oxygens (including phenoxy) is 1. The molecular weight excluding hydrogens is 166 g/mol. The molecule has 0 rings (SSSR count). The van der Waals surface area contributed by atoms with Gasteiger partial charge in [0.15, 0.2) is 0 Å². The highest BCUT2D eigenvalue weighted by atomic mass is 16.5. The van der Waals surface area contributed by atoms with Crippen molar-refractivity contribution in [1.29, 1.82) is 0 Å². The van der Waals surface area contributed by atoms with Crippen molar-refractivity contribution in [2.75, 3.05) is 13.2 Å². The first-order chi connectivity index (χ1) is 6.04. The Hall–Kier alpha value is -0.990. The van der Waals surface area contributed by atoms with E-state index in [1.165, 1.54) is 12.5 Å². The Labute approximate surface area is 80.2 Å². The number of allylic oxidation sites excluding steroid dienone is 1. The monoisotopic (exact) mass is 185 g/mol. The zero-order valence-corrected chi connectivity index (χ0v) is 8.89. The SMILES string of the molecule is CC(=O)NCCO/C=C(\C)C(C)C. The Morgan fingerprint density at radius 1 is 1.46 bits per heavy atom. The molecule has 76 valence electrons. The summed E-state index contributed by atoms with van der Waals surface area (Å²) in [4.78, 5) is 10.5. The molecule has 0 aromatic rings. The fourth-order valence-corrected chi connectivity index (χ4v) is 0.612. The van der Waals surface area contributed by atoms with E-state index in [0.717, 1.165) is 0 Å². The molecule has 0 aromatic carbocycles. The van der Waals surface area contributed by atoms with E-state index in [4.69, 9.17) is 4.74 Å². The van der Waals surface area contributed by atoms with Crippen molar-refractivity contribution in [1.82, 2.24) is 5.32 Å². The van der Waals surface area contributed by atoms with Gasteiger partial charge in [0, 0.05) is 6.92 Å². The molecule has 0 fully saturated rings. The number of rotatable bonds is 5. The molecule has 0 radical (unpaired) electrons. The van der Waals surface area contributed by atoms with Crippen LogP contribution in [0.15, 0.2) is 11.8 Å². The van der Waals surface area contributed by atoms with Crippen molar-refractivity contribution in [2.45, 2.75) is 27.7 Å². The second-order valence-corrected chi connectivity index (χ2v) is 3.37. The van der Waals surface area contributed by atoms with E-state index in [-0.39, 0.29) is 5.91 Å². The summed E-state index contributed by atoms with van der Waals surface area (Å²) < 4.78 is 5.23. The molecule has 0 saturated heterocycles. The van der Waals surface area contributed by atoms with Gasteiger partial charge in [-0.2, -0.15) is 0 Å². The van der Waals surface area contributed by atoms with Crippen molar-refractivity contribution in [3.63, 3.8) is 0 Å². The largest absolute Gasteiger partial charge is 0.499 e. The maximum absolute atomic E-state index is 10.5. The summed E-state index contributed by atoms with van der Waals surface area (Å²) in [5.41, 5.74) is 1.21. The molecule has 0 atom stereocenters. The Morgan fingerprint density at radius 2 is 2.08 bits per heavy atom. The smallest absolute Gasteiger partial charge is 0.216 e. The molecule has 1 amide bonds. The maximum Gasteiger partial charge on any atom is 0.216 e. The minimum Gasteiger partial charge on any atom is -0.499 e. The number of hydrogen-bond acceptors (Lipinski definition) is 2. The van der Waals surface area contributed by atoms with Crippen LogP contribution in [-0.2, 0) is 9.53 Å². The van der Waals surface area contributed by atoms with E-state index in [9.17, 15) is 4.79 Å². The van der Waals surface area contributed by atoms with E-state index >= 15 is 0 Å². The molecule has 0 spiro atoms. The highest BCUT2D eigenvalue weighted by molar-refractivity contribution is 5.72. The molecule has 13 heavy (non-hydrogen) atoms. The van der Waals surface area contributed by atoms with Crippen molar-refractivity contribution >= 4 is 5.91 Å². The lowest BCUT2D eigenvalue weighted by Gasteiger charge is -2.06. The first-order valence-electron chi connectivity index (χ1n) is 4.56. The number of nitrogens with one attached hydrogen (secondary N) is 1. The highest BCUT2D eigenvalue weighted by Crippen LogP contribution is 2.06. The third kappa shape index (κ3) is 7.37. The van der Waals surface area contributed by atoms with Gasteiger partial charge in [-0.3, -0.25) is 4.79 Å². The second kappa shape index (κ2) is 6.52. The van der Waals surface area contributed by atoms with Gasteiger partial charge in [-0.05, 0) is 18.4 Å². The highest BCUT2D eigenvalue weighted by Gasteiger charge is 1.95. The summed E-state index contributed by atoms with van der Waals surface area (Å²) in [6.45, 7) is 8.85. The molecule has 0 unspecified atom stereocenters. The van der Waals surface area contributed by atoms with Gasteiger partial charge in [-0.15, -0.1) is 0 Å². The molecule has 0 bridgehead atoms. The number of hydrogen-bond donors (Lipinski definition) is 1. The minimum absolute atomic E-state index is 0.0202. The quantitative estimate of drug-likeness (QED) is 0.523. The summed E-state index contributed by atoms with van der Waals surface area (Å²) in [5.74, 6) is 0.494. The van der Waals surface area contributed by atoms with Gasteiger partial charge in [0.2, 0.25) is 5.91 Å². The minimum atomic E-state index is -0.0202. The van der Waals surface area contributed by atoms with Crippen molar-refractivity contribution in [3.05, 3.63) is 11.8 Å². The molecule has 0 heterocycles. The summed E-state index contributed by atoms with van der Waals surface area (Å²) >= 11 is 0. The van der Waals surface area contributed by atoms with Crippen LogP contribution in [0.25, 0.3) is 0 Å². The van der Waals surface area contributed by atoms with Crippen molar-refractivity contribution < 1.29 is 9.53 Å². The third-order valence-corrected chi connectivity index (χ3v) is 1.77. The first-order valence-corrected chi connectivity index (χ1v) is 4.56. The van der Waals surface area contributed by atoms with E-state index < -0.39 is 0 Å². The lowest BCUT2D eigenvalue weighted by molar-refractivity contribution is -0.119. The summed E-state index contributed by atoms with van der Waals surface area (Å²) in [7, 11) is 0. The zero-order chi connectivity index (χ0) is 10.3. The fraction of sp³-hybridized carbons (Fsp3) is 0.700. The van der Waals surface area contributed by atoms with Gasteiger partial charge in [0.25, 0.3) is 0 Å². The Morgan fingerprint density at radius 3 is 2.54 bits per heavy atom. The van der Waals surface area contributed by atoms with Gasteiger partial charge in [0.05, 0.1) is 12.8 Å². The molecule has 3 nitrogen and oxygen atoms in total. The first kappa shape index (κ1) is 12.0. The topological polar surface area (TPSA) is 38.3 Å². The van der Waals surface area contributed by atoms with Crippen LogP contribution in [0.5, 0.6) is 0 Å². The van der Waals surface area contributed by atoms with Crippen LogP contribution in [0.1, 0.15) is 27.7 Å². The Bertz CT molecular complexity index is 185. The van der Waals surface area contributed by atoms with E-state index in [1.54, 1.807) is 6.26 Å². The number of amides is 1. The zero-order valence-electron chi connectivity index (χ0n) is 8.89. The van der Waals surface area contributed by atoms with Gasteiger partial charge in [-0.1, -0.05) is 13.8 Å². The standard InChI is InChI=1S/C10H19NO2/c1-8(2)9(3)7-13-6-5-11-10(4)12/h7-8H,5-6H2,1-4H3,(H,11,12)/b9-7+. The van der Waals surface area contributed by atoms with Gasteiger partial charge in [0.1, 0.15) is 6.61 Å². The predicted octanol–water partition coefficient (Wildman–Crippen LogP) is 1.70. The fourth-order valence-electron chi connectivity index (χ4n) is 0.612. The summed E-state index contributed by atoms with van der Waals surface area (Å²) in [6, 6.07) is 0. The van der Waals surface area contributed by atoms with Crippen LogP contribution in [0.3, 0.4) is 0 Å². The van der Waals surface area contributed by atoms with Crippen LogP contribution in [0.2, 0.25) is 0 Å². The Balaban J connectivity index is 3.44. The molecule has 0 aliphatic carbocycles. The van der Waals surface area contributed by atoms with Crippen LogP contribution >= 0.6 is 0 Å². The average Bonchev–Trinajstić information content (AvgIpc) is 2.02. The lowest BCUT2D eigenvalue weighted by Crippen LogP contribution is -2.23. The van der Waals surface area contributed by atoms with Crippen LogP contribution < -0.4 is 5.32 Å². The summed E-state index contributed by atoms with van der Waals surface area (Å²) in [5, 5.41) is 2.66. The van der Waals surface area contributed by atoms with Gasteiger partial charge < -0.3 is 10.1 Å². The molecule has 1 N–H and O–H groups in total. The van der Waals surface area contributed by atoms with E-state index in [0.29, 0.717) is 19.1 Å². The molecule has 0 aromatic heterocycles. The van der Waals surface area contributed by atoms with Crippen molar-refractivity contribution in [2.24, 2.45) is 5.92 Å². The average molecular weight is 185 g/mol. The molecular formula is C10H19NO2. The van der Waals surface area contributed by atoms with Crippen LogP contribution in [0, 0.1) is 5.92 Å². The predicted molar refractivity (Wildman–Crippen MR) is 53.2 cm³/mol. The maximum atomic E-state index is 10.5. The number of carbonyl (C=O) groups is 1.